The molecule has 2 aromatic heterocycles. The van der Waals surface area contributed by atoms with Crippen LogP contribution in [0.2, 0.25) is 0 Å². The quantitative estimate of drug-likeness (QED) is 0.705. The Morgan fingerprint density at radius 1 is 1.29 bits per heavy atom. The molecule has 0 aromatic carbocycles. The molecule has 0 fully saturated rings. The van der Waals surface area contributed by atoms with Crippen molar-refractivity contribution in [2.24, 2.45) is 7.05 Å². The van der Waals surface area contributed by atoms with Crippen LogP contribution in [-0.4, -0.2) is 27.1 Å². The van der Waals surface area contributed by atoms with E-state index in [1.165, 1.54) is 0 Å². The van der Waals surface area contributed by atoms with Crippen LogP contribution < -0.4 is 4.74 Å². The fourth-order valence-electron chi connectivity index (χ4n) is 1.14. The van der Waals surface area contributed by atoms with Crippen molar-refractivity contribution in [2.75, 3.05) is 7.11 Å². The van der Waals surface area contributed by atoms with Gasteiger partial charge in [0, 0.05) is 13.1 Å². The van der Waals surface area contributed by atoms with Gasteiger partial charge in [0.15, 0.2) is 0 Å². The van der Waals surface area contributed by atoms with E-state index in [4.69, 9.17) is 4.74 Å². The van der Waals surface area contributed by atoms with Crippen molar-refractivity contribution >= 4 is 0 Å². The molecule has 2 aromatic rings. The molecule has 14 heavy (non-hydrogen) atoms. The number of rotatable bonds is 2. The molecule has 0 saturated carbocycles. The van der Waals surface area contributed by atoms with Gasteiger partial charge < -0.3 is 4.74 Å². The highest BCUT2D eigenvalue weighted by Crippen LogP contribution is 2.16. The zero-order valence-corrected chi connectivity index (χ0v) is 8.01. The van der Waals surface area contributed by atoms with Crippen LogP contribution in [0.4, 0.5) is 0 Å². The van der Waals surface area contributed by atoms with Crippen LogP contribution in [0.15, 0.2) is 24.4 Å². The summed E-state index contributed by atoms with van der Waals surface area (Å²) in [6.07, 6.45) is 1.81. The van der Waals surface area contributed by atoms with E-state index >= 15 is 0 Å². The minimum Gasteiger partial charge on any atom is -0.481 e. The highest BCUT2D eigenvalue weighted by atomic mass is 16.5. The Bertz CT molecular complexity index is 438. The molecule has 0 N–H and O–H groups in total. The Hall–Kier alpha value is -1.91. The van der Waals surface area contributed by atoms with Crippen molar-refractivity contribution in [2.45, 2.75) is 0 Å². The van der Waals surface area contributed by atoms with Crippen LogP contribution in [0.1, 0.15) is 0 Å². The Balaban J connectivity index is 2.41. The number of aryl methyl sites for hydroxylation is 1. The molecular formula is C9H10N4O. The smallest absolute Gasteiger partial charge is 0.213 e. The second-order valence-electron chi connectivity index (χ2n) is 2.84. The maximum absolute atomic E-state index is 5.02. The number of methoxy groups -OCH3 is 1. The van der Waals surface area contributed by atoms with Gasteiger partial charge in [-0.25, -0.2) is 4.98 Å². The number of pyridine rings is 1. The molecular weight excluding hydrogens is 180 g/mol. The maximum atomic E-state index is 5.02. The van der Waals surface area contributed by atoms with Crippen molar-refractivity contribution in [3.63, 3.8) is 0 Å². The molecule has 5 nitrogen and oxygen atoms in total. The molecule has 0 aliphatic carbocycles. The van der Waals surface area contributed by atoms with Gasteiger partial charge in [0.2, 0.25) is 5.88 Å². The van der Waals surface area contributed by atoms with Gasteiger partial charge in [-0.1, -0.05) is 11.3 Å². The van der Waals surface area contributed by atoms with E-state index in [1.54, 1.807) is 17.9 Å². The largest absolute Gasteiger partial charge is 0.481 e. The van der Waals surface area contributed by atoms with Crippen LogP contribution in [-0.2, 0) is 7.05 Å². The third-order valence-electron chi connectivity index (χ3n) is 1.80. The first-order valence-corrected chi connectivity index (χ1v) is 4.17. The van der Waals surface area contributed by atoms with Gasteiger partial charge >= 0.3 is 0 Å². The normalized spacial score (nSPS) is 10.1. The number of ether oxygens (including phenoxy) is 1. The second kappa shape index (κ2) is 3.45. The average molecular weight is 190 g/mol. The summed E-state index contributed by atoms with van der Waals surface area (Å²) in [5, 5.41) is 7.79. The number of nitrogens with zero attached hydrogens (tertiary/aromatic N) is 4. The van der Waals surface area contributed by atoms with Gasteiger partial charge in [-0.15, -0.1) is 5.10 Å². The van der Waals surface area contributed by atoms with Crippen LogP contribution in [0.5, 0.6) is 5.88 Å². The topological polar surface area (TPSA) is 52.8 Å². The van der Waals surface area contributed by atoms with E-state index in [1.807, 2.05) is 25.4 Å². The van der Waals surface area contributed by atoms with Crippen molar-refractivity contribution < 1.29 is 4.74 Å². The summed E-state index contributed by atoms with van der Waals surface area (Å²) >= 11 is 0. The van der Waals surface area contributed by atoms with Gasteiger partial charge in [0.1, 0.15) is 5.69 Å². The molecule has 0 radical (unpaired) electrons. The molecule has 0 atom stereocenters. The summed E-state index contributed by atoms with van der Waals surface area (Å²) < 4.78 is 6.65. The molecule has 2 rings (SSSR count). The first-order valence-electron chi connectivity index (χ1n) is 4.17. The van der Waals surface area contributed by atoms with E-state index in [0.717, 1.165) is 11.4 Å². The van der Waals surface area contributed by atoms with E-state index in [-0.39, 0.29) is 0 Å². The lowest BCUT2D eigenvalue weighted by Crippen LogP contribution is -1.89. The standard InChI is InChI=1S/C9H10N4O/c1-13-6-8(11-12-13)7-4-3-5-9(10-7)14-2/h3-6H,1-2H3. The molecule has 72 valence electrons. The highest BCUT2D eigenvalue weighted by molar-refractivity contribution is 5.52. The third-order valence-corrected chi connectivity index (χ3v) is 1.80. The van der Waals surface area contributed by atoms with Gasteiger partial charge in [0.25, 0.3) is 0 Å². The molecule has 0 amide bonds. The number of hydrogen-bond donors (Lipinski definition) is 0. The predicted molar refractivity (Wildman–Crippen MR) is 50.8 cm³/mol. The first kappa shape index (κ1) is 8.68. The minimum atomic E-state index is 0.577. The lowest BCUT2D eigenvalue weighted by atomic mass is 10.3. The van der Waals surface area contributed by atoms with Gasteiger partial charge in [-0.3, -0.25) is 4.68 Å². The molecule has 0 aliphatic rings. The zero-order chi connectivity index (χ0) is 9.97. The lowest BCUT2D eigenvalue weighted by molar-refractivity contribution is 0.398. The fraction of sp³-hybridized carbons (Fsp3) is 0.222. The summed E-state index contributed by atoms with van der Waals surface area (Å²) in [6, 6.07) is 5.53. The summed E-state index contributed by atoms with van der Waals surface area (Å²) in [6.45, 7) is 0. The average Bonchev–Trinajstić information content (AvgIpc) is 2.65. The first-order chi connectivity index (χ1) is 6.79. The Morgan fingerprint density at radius 3 is 2.79 bits per heavy atom. The Kier molecular flexibility index (Phi) is 2.14. The van der Waals surface area contributed by atoms with Crippen LogP contribution in [0.25, 0.3) is 11.4 Å². The van der Waals surface area contributed by atoms with Crippen molar-refractivity contribution in [1.29, 1.82) is 0 Å². The zero-order valence-electron chi connectivity index (χ0n) is 8.01. The number of aromatic nitrogens is 4. The Labute approximate surface area is 81.3 Å². The predicted octanol–water partition coefficient (Wildman–Crippen LogP) is 0.886. The van der Waals surface area contributed by atoms with Gasteiger partial charge in [-0.2, -0.15) is 0 Å². The van der Waals surface area contributed by atoms with E-state index in [9.17, 15) is 0 Å². The molecule has 2 heterocycles. The van der Waals surface area contributed by atoms with E-state index in [0.29, 0.717) is 5.88 Å². The highest BCUT2D eigenvalue weighted by Gasteiger charge is 2.04. The molecule has 0 bridgehead atoms. The van der Waals surface area contributed by atoms with Crippen LogP contribution in [0, 0.1) is 0 Å². The molecule has 0 saturated heterocycles. The van der Waals surface area contributed by atoms with Crippen molar-refractivity contribution in [3.05, 3.63) is 24.4 Å². The maximum Gasteiger partial charge on any atom is 0.213 e. The molecule has 0 aliphatic heterocycles. The van der Waals surface area contributed by atoms with Crippen molar-refractivity contribution in [3.8, 4) is 17.3 Å². The number of hydrogen-bond acceptors (Lipinski definition) is 4. The summed E-state index contributed by atoms with van der Waals surface area (Å²) in [5.41, 5.74) is 1.50. The summed E-state index contributed by atoms with van der Waals surface area (Å²) in [4.78, 5) is 4.24. The van der Waals surface area contributed by atoms with Gasteiger partial charge in [-0.05, 0) is 6.07 Å². The third kappa shape index (κ3) is 1.56. The second-order valence-corrected chi connectivity index (χ2v) is 2.84. The van der Waals surface area contributed by atoms with Crippen LogP contribution >= 0.6 is 0 Å². The molecule has 0 spiro atoms. The summed E-state index contributed by atoms with van der Waals surface area (Å²) in [5.74, 6) is 0.577. The monoisotopic (exact) mass is 190 g/mol. The SMILES string of the molecule is COc1cccc(-c2cn(C)nn2)n1. The lowest BCUT2D eigenvalue weighted by Gasteiger charge is -1.99. The fourth-order valence-corrected chi connectivity index (χ4v) is 1.14. The Morgan fingerprint density at radius 2 is 2.14 bits per heavy atom. The van der Waals surface area contributed by atoms with Crippen molar-refractivity contribution in [1.82, 2.24) is 20.0 Å². The van der Waals surface area contributed by atoms with Gasteiger partial charge in [0.05, 0.1) is 19.0 Å². The van der Waals surface area contributed by atoms with E-state index < -0.39 is 0 Å². The molecule has 5 heteroatoms. The van der Waals surface area contributed by atoms with E-state index in [2.05, 4.69) is 15.3 Å². The molecule has 0 unspecified atom stereocenters. The van der Waals surface area contributed by atoms with Crippen LogP contribution in [0.3, 0.4) is 0 Å². The minimum absolute atomic E-state index is 0.577. The summed E-state index contributed by atoms with van der Waals surface area (Å²) in [7, 11) is 3.40.